The van der Waals surface area contributed by atoms with Crippen molar-refractivity contribution in [3.63, 3.8) is 0 Å². The molecule has 0 aliphatic carbocycles. The van der Waals surface area contributed by atoms with Gasteiger partial charge in [0.2, 0.25) is 5.91 Å². The van der Waals surface area contributed by atoms with Gasteiger partial charge in [-0.1, -0.05) is 50.3 Å². The fourth-order valence-corrected chi connectivity index (χ4v) is 5.90. The van der Waals surface area contributed by atoms with Crippen LogP contribution in [0.15, 0.2) is 48.7 Å². The third-order valence-corrected chi connectivity index (χ3v) is 8.48. The number of hydrogen-bond acceptors (Lipinski definition) is 6. The Morgan fingerprint density at radius 3 is 2.70 bits per heavy atom. The van der Waals surface area contributed by atoms with Crippen LogP contribution in [-0.2, 0) is 24.4 Å². The summed E-state index contributed by atoms with van der Waals surface area (Å²) in [6.45, 7) is 15.3. The summed E-state index contributed by atoms with van der Waals surface area (Å²) >= 11 is 0. The van der Waals surface area contributed by atoms with Gasteiger partial charge in [-0.3, -0.25) is 14.7 Å². The van der Waals surface area contributed by atoms with Crippen LogP contribution in [-0.4, -0.2) is 43.4 Å². The van der Waals surface area contributed by atoms with Crippen LogP contribution in [0.25, 0.3) is 11.0 Å². The van der Waals surface area contributed by atoms with Crippen molar-refractivity contribution < 1.29 is 9.53 Å². The Labute approximate surface area is 236 Å². The highest BCUT2D eigenvalue weighted by Crippen LogP contribution is 2.44. The van der Waals surface area contributed by atoms with E-state index in [1.54, 1.807) is 0 Å². The number of carbonyl (C=O) groups is 1. The first kappa shape index (κ1) is 27.8. The van der Waals surface area contributed by atoms with Gasteiger partial charge in [0.1, 0.15) is 17.4 Å². The lowest BCUT2D eigenvalue weighted by Gasteiger charge is -2.34. The monoisotopic (exact) mass is 540 g/mol. The quantitative estimate of drug-likeness (QED) is 0.326. The molecule has 3 heterocycles. The second kappa shape index (κ2) is 11.0. The highest BCUT2D eigenvalue weighted by molar-refractivity contribution is 5.84. The molecular formula is C32H40N6O2. The fraction of sp³-hybridized carbons (Fsp3) is 0.438. The van der Waals surface area contributed by atoms with E-state index in [9.17, 15) is 4.79 Å². The molecule has 8 nitrogen and oxygen atoms in total. The zero-order valence-corrected chi connectivity index (χ0v) is 24.4. The van der Waals surface area contributed by atoms with Gasteiger partial charge < -0.3 is 10.5 Å². The molecule has 2 aromatic carbocycles. The molecule has 0 saturated heterocycles. The normalized spacial score (nSPS) is 16.8. The van der Waals surface area contributed by atoms with Crippen LogP contribution < -0.4 is 10.5 Å². The van der Waals surface area contributed by atoms with Gasteiger partial charge >= 0.3 is 0 Å². The number of hydrogen-bond donors (Lipinski definition) is 1. The molecule has 2 atom stereocenters. The first-order valence-electron chi connectivity index (χ1n) is 14.2. The van der Waals surface area contributed by atoms with Crippen LogP contribution in [0.1, 0.15) is 73.5 Å². The van der Waals surface area contributed by atoms with Gasteiger partial charge in [0, 0.05) is 38.3 Å². The standard InChI is InChI=1S/C32H40N6O2/c1-7-24-18-37(19-26-28(40-24)10-9-15-34-26)17-23-16-22(12-11-20(23)3)29(32(5,6)31(33)39)25-13-14-27-30(21(25)4)35-36-38(27)8-2/h9-16,24,29H,7-8,17-19H2,1-6H3,(H2,33,39)/t24-,29?/m1/s1. The summed E-state index contributed by atoms with van der Waals surface area (Å²) in [6.07, 6.45) is 2.84. The SMILES string of the molecule is CC[C@@H]1CN(Cc2cc(C(c3ccc4c(nnn4CC)c3C)C(C)(C)C(N)=O)ccc2C)Cc2ncccc2O1. The number of rotatable bonds is 8. The molecule has 5 rings (SSSR count). The number of fused-ring (bicyclic) bond motifs is 2. The van der Waals surface area contributed by atoms with Gasteiger partial charge in [0.05, 0.1) is 16.6 Å². The minimum absolute atomic E-state index is 0.0985. The highest BCUT2D eigenvalue weighted by Gasteiger charge is 2.39. The molecule has 0 spiro atoms. The number of amides is 1. The first-order valence-corrected chi connectivity index (χ1v) is 14.2. The minimum atomic E-state index is -0.835. The molecule has 0 saturated carbocycles. The maximum atomic E-state index is 12.9. The van der Waals surface area contributed by atoms with Crippen molar-refractivity contribution in [3.8, 4) is 5.75 Å². The molecule has 1 unspecified atom stereocenters. The van der Waals surface area contributed by atoms with Crippen LogP contribution in [0.5, 0.6) is 5.75 Å². The molecule has 1 aliphatic rings. The lowest BCUT2D eigenvalue weighted by Crippen LogP contribution is -2.38. The second-order valence-corrected chi connectivity index (χ2v) is 11.5. The van der Waals surface area contributed by atoms with E-state index in [-0.39, 0.29) is 17.9 Å². The Kier molecular flexibility index (Phi) is 7.64. The highest BCUT2D eigenvalue weighted by atomic mass is 16.5. The molecule has 0 bridgehead atoms. The number of pyridine rings is 1. The van der Waals surface area contributed by atoms with Crippen molar-refractivity contribution >= 4 is 16.9 Å². The summed E-state index contributed by atoms with van der Waals surface area (Å²) in [5, 5.41) is 8.80. The lowest BCUT2D eigenvalue weighted by atomic mass is 9.69. The van der Waals surface area contributed by atoms with Crippen molar-refractivity contribution in [3.05, 3.63) is 82.2 Å². The van der Waals surface area contributed by atoms with Crippen LogP contribution in [0.2, 0.25) is 0 Å². The molecule has 2 N–H and O–H groups in total. The van der Waals surface area contributed by atoms with Gasteiger partial charge in [-0.05, 0) is 73.2 Å². The topological polar surface area (TPSA) is 99.2 Å². The first-order chi connectivity index (χ1) is 19.1. The average Bonchev–Trinajstić information content (AvgIpc) is 3.27. The smallest absolute Gasteiger partial charge is 0.224 e. The lowest BCUT2D eigenvalue weighted by molar-refractivity contribution is -0.126. The van der Waals surface area contributed by atoms with Gasteiger partial charge in [0.15, 0.2) is 0 Å². The van der Waals surface area contributed by atoms with Crippen molar-refractivity contribution in [1.82, 2.24) is 24.9 Å². The number of primary amides is 1. The zero-order valence-electron chi connectivity index (χ0n) is 24.4. The Morgan fingerprint density at radius 2 is 1.98 bits per heavy atom. The van der Waals surface area contributed by atoms with Crippen LogP contribution >= 0.6 is 0 Å². The summed E-state index contributed by atoms with van der Waals surface area (Å²) in [6, 6.07) is 14.7. The fourth-order valence-electron chi connectivity index (χ4n) is 5.90. The molecule has 0 fully saturated rings. The Hall–Kier alpha value is -3.78. The van der Waals surface area contributed by atoms with Crippen molar-refractivity contribution in [2.24, 2.45) is 11.1 Å². The third kappa shape index (κ3) is 5.08. The summed E-state index contributed by atoms with van der Waals surface area (Å²) in [4.78, 5) is 19.9. The summed E-state index contributed by atoms with van der Waals surface area (Å²) in [5.41, 5.74) is 13.6. The van der Waals surface area contributed by atoms with E-state index in [4.69, 9.17) is 10.5 Å². The Balaban J connectivity index is 1.56. The van der Waals surface area contributed by atoms with E-state index in [1.807, 2.05) is 36.9 Å². The number of nitrogens with two attached hydrogens (primary N) is 1. The van der Waals surface area contributed by atoms with Gasteiger partial charge in [-0.15, -0.1) is 5.10 Å². The zero-order chi connectivity index (χ0) is 28.6. The van der Waals surface area contributed by atoms with Crippen LogP contribution in [0.3, 0.4) is 0 Å². The molecule has 210 valence electrons. The van der Waals surface area contributed by atoms with Crippen molar-refractivity contribution in [1.29, 1.82) is 0 Å². The van der Waals surface area contributed by atoms with Gasteiger partial charge in [-0.2, -0.15) is 0 Å². The van der Waals surface area contributed by atoms with Crippen molar-refractivity contribution in [2.75, 3.05) is 6.54 Å². The number of aromatic nitrogens is 4. The summed E-state index contributed by atoms with van der Waals surface area (Å²) in [7, 11) is 0. The number of ether oxygens (including phenoxy) is 1. The van der Waals surface area contributed by atoms with Crippen molar-refractivity contribution in [2.45, 2.75) is 79.6 Å². The molecular weight excluding hydrogens is 500 g/mol. The third-order valence-electron chi connectivity index (χ3n) is 8.48. The van der Waals surface area contributed by atoms with E-state index < -0.39 is 5.41 Å². The maximum Gasteiger partial charge on any atom is 0.224 e. The van der Waals surface area contributed by atoms with E-state index in [0.29, 0.717) is 0 Å². The van der Waals surface area contributed by atoms with E-state index in [2.05, 4.69) is 78.2 Å². The number of nitrogens with zero attached hydrogens (tertiary/aromatic N) is 5. The predicted molar refractivity (Wildman–Crippen MR) is 157 cm³/mol. The largest absolute Gasteiger partial charge is 0.487 e. The van der Waals surface area contributed by atoms with E-state index >= 15 is 0 Å². The maximum absolute atomic E-state index is 12.9. The molecule has 1 amide bonds. The van der Waals surface area contributed by atoms with Crippen LogP contribution in [0.4, 0.5) is 0 Å². The Bertz CT molecular complexity index is 1540. The van der Waals surface area contributed by atoms with Gasteiger partial charge in [-0.25, -0.2) is 4.68 Å². The van der Waals surface area contributed by atoms with Crippen LogP contribution in [0, 0.1) is 19.3 Å². The molecule has 8 heteroatoms. The molecule has 4 aromatic rings. The van der Waals surface area contributed by atoms with E-state index in [0.717, 1.165) is 71.8 Å². The number of carbonyl (C=O) groups excluding carboxylic acids is 1. The Morgan fingerprint density at radius 1 is 1.18 bits per heavy atom. The predicted octanol–water partition coefficient (Wildman–Crippen LogP) is 5.28. The molecule has 40 heavy (non-hydrogen) atoms. The summed E-state index contributed by atoms with van der Waals surface area (Å²) in [5.74, 6) is 0.282. The minimum Gasteiger partial charge on any atom is -0.487 e. The molecule has 1 aliphatic heterocycles. The second-order valence-electron chi connectivity index (χ2n) is 11.5. The average molecular weight is 541 g/mol. The number of aryl methyl sites for hydroxylation is 3. The van der Waals surface area contributed by atoms with Gasteiger partial charge in [0.25, 0.3) is 0 Å². The summed E-state index contributed by atoms with van der Waals surface area (Å²) < 4.78 is 8.18. The molecule has 2 aromatic heterocycles. The van der Waals surface area contributed by atoms with E-state index in [1.165, 1.54) is 11.1 Å². The number of benzene rings is 2. The molecule has 0 radical (unpaired) electrons.